The van der Waals surface area contributed by atoms with E-state index in [4.69, 9.17) is 0 Å². The molecule has 152 valence electrons. The number of aryl methyl sites for hydroxylation is 3. The molecule has 0 fully saturated rings. The summed E-state index contributed by atoms with van der Waals surface area (Å²) in [6.45, 7) is 11.6. The lowest BCUT2D eigenvalue weighted by Crippen LogP contribution is -2.40. The van der Waals surface area contributed by atoms with Crippen LogP contribution in [0.4, 0.5) is 10.5 Å². The second kappa shape index (κ2) is 8.99. The van der Waals surface area contributed by atoms with Crippen LogP contribution in [0, 0.1) is 20.8 Å². The molecule has 0 unspecified atom stereocenters. The zero-order valence-corrected chi connectivity index (χ0v) is 18.1. The molecular formula is C25H31N3O. The van der Waals surface area contributed by atoms with Crippen molar-refractivity contribution < 1.29 is 4.79 Å². The minimum Gasteiger partial charge on any atom is -0.345 e. The van der Waals surface area contributed by atoms with Crippen molar-refractivity contribution in [2.75, 3.05) is 5.32 Å². The van der Waals surface area contributed by atoms with Gasteiger partial charge in [0.1, 0.15) is 0 Å². The average Bonchev–Trinajstić information content (AvgIpc) is 3.10. The van der Waals surface area contributed by atoms with E-state index in [-0.39, 0.29) is 12.1 Å². The quantitative estimate of drug-likeness (QED) is 0.559. The van der Waals surface area contributed by atoms with Crippen molar-refractivity contribution in [3.63, 3.8) is 0 Å². The van der Waals surface area contributed by atoms with Gasteiger partial charge in [-0.2, -0.15) is 0 Å². The van der Waals surface area contributed by atoms with Crippen LogP contribution in [0.3, 0.4) is 0 Å². The van der Waals surface area contributed by atoms with E-state index in [1.807, 2.05) is 30.0 Å². The molecule has 0 aliphatic heterocycles. The van der Waals surface area contributed by atoms with E-state index in [0.717, 1.165) is 23.5 Å². The molecule has 2 amide bonds. The van der Waals surface area contributed by atoms with Gasteiger partial charge in [-0.3, -0.25) is 0 Å². The zero-order valence-electron chi connectivity index (χ0n) is 18.1. The van der Waals surface area contributed by atoms with Crippen LogP contribution in [0.25, 0.3) is 0 Å². The normalized spacial score (nSPS) is 11.0. The van der Waals surface area contributed by atoms with Gasteiger partial charge in [-0.1, -0.05) is 47.5 Å². The minimum absolute atomic E-state index is 0.0740. The summed E-state index contributed by atoms with van der Waals surface area (Å²) >= 11 is 0. The summed E-state index contributed by atoms with van der Waals surface area (Å²) in [6, 6.07) is 18.8. The number of urea groups is 1. The molecule has 0 saturated heterocycles. The number of hydrogen-bond donors (Lipinski definition) is 1. The highest BCUT2D eigenvalue weighted by Gasteiger charge is 2.19. The maximum Gasteiger partial charge on any atom is 0.322 e. The Morgan fingerprint density at radius 3 is 2.34 bits per heavy atom. The summed E-state index contributed by atoms with van der Waals surface area (Å²) in [7, 11) is 0. The molecule has 1 N–H and O–H groups in total. The van der Waals surface area contributed by atoms with E-state index >= 15 is 0 Å². The summed E-state index contributed by atoms with van der Waals surface area (Å²) in [4.78, 5) is 14.9. The molecule has 1 heterocycles. The highest BCUT2D eigenvalue weighted by molar-refractivity contribution is 5.90. The minimum atomic E-state index is -0.0740. The molecule has 0 aliphatic carbocycles. The summed E-state index contributed by atoms with van der Waals surface area (Å²) < 4.78 is 2.21. The van der Waals surface area contributed by atoms with Crippen molar-refractivity contribution in [3.05, 3.63) is 88.7 Å². The predicted octanol–water partition coefficient (Wildman–Crippen LogP) is 5.90. The largest absolute Gasteiger partial charge is 0.345 e. The van der Waals surface area contributed by atoms with Gasteiger partial charge in [0, 0.05) is 30.2 Å². The van der Waals surface area contributed by atoms with Crippen LogP contribution in [-0.4, -0.2) is 21.5 Å². The molecule has 1 aromatic heterocycles. The SMILES string of the molecule is Cc1ccc(Cn2cccc2CN(C(=O)Nc2ccc(C)cc2C)C(C)C)cc1. The summed E-state index contributed by atoms with van der Waals surface area (Å²) in [5.41, 5.74) is 6.76. The number of nitrogens with one attached hydrogen (secondary N) is 1. The first-order chi connectivity index (χ1) is 13.8. The Morgan fingerprint density at radius 2 is 1.69 bits per heavy atom. The fraction of sp³-hybridized carbons (Fsp3) is 0.320. The third-order valence-electron chi connectivity index (χ3n) is 5.24. The molecule has 4 heteroatoms. The van der Waals surface area contributed by atoms with Gasteiger partial charge in [0.2, 0.25) is 0 Å². The fourth-order valence-corrected chi connectivity index (χ4v) is 3.44. The van der Waals surface area contributed by atoms with Crippen molar-refractivity contribution in [2.24, 2.45) is 0 Å². The standard InChI is InChI=1S/C25H31N3O/c1-18(2)28(25(29)26-24-13-10-20(4)15-21(24)5)17-23-7-6-14-27(23)16-22-11-8-19(3)9-12-22/h6-15,18H,16-17H2,1-5H3,(H,26,29). The zero-order chi connectivity index (χ0) is 21.0. The van der Waals surface area contributed by atoms with Crippen LogP contribution in [-0.2, 0) is 13.1 Å². The lowest BCUT2D eigenvalue weighted by molar-refractivity contribution is 0.192. The highest BCUT2D eigenvalue weighted by atomic mass is 16.2. The summed E-state index contributed by atoms with van der Waals surface area (Å²) in [5, 5.41) is 3.08. The predicted molar refractivity (Wildman–Crippen MR) is 120 cm³/mol. The third kappa shape index (κ3) is 5.29. The van der Waals surface area contributed by atoms with E-state index in [0.29, 0.717) is 6.54 Å². The summed E-state index contributed by atoms with van der Waals surface area (Å²) in [6.07, 6.45) is 2.08. The lowest BCUT2D eigenvalue weighted by atomic mass is 10.1. The van der Waals surface area contributed by atoms with Gasteiger partial charge in [-0.25, -0.2) is 4.79 Å². The summed E-state index contributed by atoms with van der Waals surface area (Å²) in [5.74, 6) is 0. The van der Waals surface area contributed by atoms with E-state index < -0.39 is 0 Å². The Balaban J connectivity index is 1.74. The third-order valence-corrected chi connectivity index (χ3v) is 5.24. The second-order valence-corrected chi connectivity index (χ2v) is 8.08. The number of anilines is 1. The van der Waals surface area contributed by atoms with Gasteiger partial charge in [-0.05, 0) is 63.9 Å². The van der Waals surface area contributed by atoms with Crippen molar-refractivity contribution >= 4 is 11.7 Å². The molecular weight excluding hydrogens is 358 g/mol. The van der Waals surface area contributed by atoms with E-state index in [1.54, 1.807) is 0 Å². The monoisotopic (exact) mass is 389 g/mol. The van der Waals surface area contributed by atoms with Crippen LogP contribution >= 0.6 is 0 Å². The Hall–Kier alpha value is -3.01. The van der Waals surface area contributed by atoms with E-state index in [9.17, 15) is 4.79 Å². The van der Waals surface area contributed by atoms with Crippen molar-refractivity contribution in [1.82, 2.24) is 9.47 Å². The molecule has 3 rings (SSSR count). The smallest absolute Gasteiger partial charge is 0.322 e. The number of nitrogens with zero attached hydrogens (tertiary/aromatic N) is 2. The molecule has 0 radical (unpaired) electrons. The molecule has 2 aromatic carbocycles. The molecule has 0 spiro atoms. The Bertz CT molecular complexity index is 970. The lowest BCUT2D eigenvalue weighted by Gasteiger charge is -2.28. The Kier molecular flexibility index (Phi) is 6.42. The van der Waals surface area contributed by atoms with Crippen molar-refractivity contribution in [2.45, 2.75) is 53.8 Å². The molecule has 4 nitrogen and oxygen atoms in total. The van der Waals surface area contributed by atoms with Gasteiger partial charge in [0.15, 0.2) is 0 Å². The van der Waals surface area contributed by atoms with Gasteiger partial charge in [-0.15, -0.1) is 0 Å². The Morgan fingerprint density at radius 1 is 1.00 bits per heavy atom. The molecule has 0 aliphatic rings. The maximum absolute atomic E-state index is 13.0. The van der Waals surface area contributed by atoms with E-state index in [2.05, 4.69) is 80.2 Å². The number of rotatable bonds is 6. The molecule has 3 aromatic rings. The number of carbonyl (C=O) groups excluding carboxylic acids is 1. The fourth-order valence-electron chi connectivity index (χ4n) is 3.44. The van der Waals surface area contributed by atoms with Gasteiger partial charge >= 0.3 is 6.03 Å². The van der Waals surface area contributed by atoms with Crippen molar-refractivity contribution in [1.29, 1.82) is 0 Å². The maximum atomic E-state index is 13.0. The van der Waals surface area contributed by atoms with Gasteiger partial charge in [0.05, 0.1) is 6.54 Å². The first-order valence-corrected chi connectivity index (χ1v) is 10.2. The molecule has 0 atom stereocenters. The second-order valence-electron chi connectivity index (χ2n) is 8.08. The first-order valence-electron chi connectivity index (χ1n) is 10.2. The van der Waals surface area contributed by atoms with E-state index in [1.165, 1.54) is 16.7 Å². The highest BCUT2D eigenvalue weighted by Crippen LogP contribution is 2.19. The van der Waals surface area contributed by atoms with Crippen LogP contribution < -0.4 is 5.32 Å². The van der Waals surface area contributed by atoms with Gasteiger partial charge < -0.3 is 14.8 Å². The molecule has 0 saturated carbocycles. The Labute approximate surface area is 174 Å². The number of carbonyl (C=O) groups is 1. The van der Waals surface area contributed by atoms with Gasteiger partial charge in [0.25, 0.3) is 0 Å². The first kappa shape index (κ1) is 20.7. The number of benzene rings is 2. The number of amides is 2. The number of aromatic nitrogens is 1. The molecule has 0 bridgehead atoms. The average molecular weight is 390 g/mol. The van der Waals surface area contributed by atoms with Crippen LogP contribution in [0.5, 0.6) is 0 Å². The van der Waals surface area contributed by atoms with Crippen molar-refractivity contribution in [3.8, 4) is 0 Å². The topological polar surface area (TPSA) is 37.3 Å². The van der Waals surface area contributed by atoms with Crippen LogP contribution in [0.15, 0.2) is 60.8 Å². The van der Waals surface area contributed by atoms with Crippen LogP contribution in [0.1, 0.15) is 41.8 Å². The number of hydrogen-bond acceptors (Lipinski definition) is 1. The van der Waals surface area contributed by atoms with Crippen LogP contribution in [0.2, 0.25) is 0 Å². The molecule has 29 heavy (non-hydrogen) atoms.